The van der Waals surface area contributed by atoms with E-state index in [-0.39, 0.29) is 18.7 Å². The number of rotatable bonds is 6. The van der Waals surface area contributed by atoms with Crippen molar-refractivity contribution in [1.29, 1.82) is 0 Å². The minimum absolute atomic E-state index is 0.0240. The van der Waals surface area contributed by atoms with Gasteiger partial charge in [-0.05, 0) is 36.8 Å². The Kier molecular flexibility index (Phi) is 5.26. The van der Waals surface area contributed by atoms with Crippen LogP contribution in [0.5, 0.6) is 11.5 Å². The number of amides is 1. The van der Waals surface area contributed by atoms with E-state index in [9.17, 15) is 4.79 Å². The molecule has 0 aromatic heterocycles. The molecule has 0 saturated carbocycles. The summed E-state index contributed by atoms with van der Waals surface area (Å²) in [4.78, 5) is 12.7. The zero-order valence-corrected chi connectivity index (χ0v) is 15.7. The molecule has 1 aliphatic heterocycles. The van der Waals surface area contributed by atoms with Crippen LogP contribution in [0.2, 0.25) is 0 Å². The molecule has 0 fully saturated rings. The molecule has 0 saturated heterocycles. The van der Waals surface area contributed by atoms with E-state index < -0.39 is 0 Å². The Morgan fingerprint density at radius 2 is 1.75 bits per heavy atom. The molecule has 1 aliphatic rings. The highest BCUT2D eigenvalue weighted by Gasteiger charge is 2.19. The minimum Gasteiger partial charge on any atom is -0.454 e. The first-order valence-electron chi connectivity index (χ1n) is 9.38. The fourth-order valence-electron chi connectivity index (χ4n) is 3.20. The molecule has 1 amide bonds. The minimum atomic E-state index is -0.228. The van der Waals surface area contributed by atoms with E-state index in [0.717, 1.165) is 33.9 Å². The lowest BCUT2D eigenvalue weighted by molar-refractivity contribution is -0.688. The highest BCUT2D eigenvalue weighted by Crippen LogP contribution is 2.32. The van der Waals surface area contributed by atoms with Crippen LogP contribution in [-0.4, -0.2) is 18.7 Å². The number of quaternary nitrogens is 1. The van der Waals surface area contributed by atoms with E-state index in [1.165, 1.54) is 0 Å². The first-order chi connectivity index (χ1) is 13.7. The first-order valence-corrected chi connectivity index (χ1v) is 9.38. The summed E-state index contributed by atoms with van der Waals surface area (Å²) in [7, 11) is 0. The number of carbonyl (C=O) groups is 1. The van der Waals surface area contributed by atoms with Gasteiger partial charge in [0.15, 0.2) is 17.5 Å². The lowest BCUT2D eigenvalue weighted by Gasteiger charge is -2.14. The molecule has 142 valence electrons. The summed E-state index contributed by atoms with van der Waals surface area (Å²) in [5.74, 6) is 1.51. The maximum atomic E-state index is 12.7. The molecule has 3 aromatic rings. The number of hydrogen-bond donors (Lipinski definition) is 2. The van der Waals surface area contributed by atoms with Crippen molar-refractivity contribution in [3.05, 3.63) is 78.4 Å². The van der Waals surface area contributed by atoms with Crippen molar-refractivity contribution >= 4 is 11.6 Å². The van der Waals surface area contributed by atoms with Gasteiger partial charge in [-0.25, -0.2) is 0 Å². The largest absolute Gasteiger partial charge is 0.454 e. The van der Waals surface area contributed by atoms with Gasteiger partial charge in [0.1, 0.15) is 6.54 Å². The summed E-state index contributed by atoms with van der Waals surface area (Å²) in [6.45, 7) is 2.86. The Labute approximate surface area is 164 Å². The monoisotopic (exact) mass is 375 g/mol. The molecule has 3 N–H and O–H groups in total. The summed E-state index contributed by atoms with van der Waals surface area (Å²) < 4.78 is 10.7. The Bertz CT molecular complexity index is 973. The summed E-state index contributed by atoms with van der Waals surface area (Å²) in [6, 6.07) is 23.6. The number of fused-ring (bicyclic) bond motifs is 1. The van der Waals surface area contributed by atoms with Crippen LogP contribution >= 0.6 is 0 Å². The van der Waals surface area contributed by atoms with E-state index in [4.69, 9.17) is 9.47 Å². The average molecular weight is 375 g/mol. The molecule has 0 bridgehead atoms. The molecule has 0 aliphatic carbocycles. The molecule has 0 radical (unpaired) electrons. The summed E-state index contributed by atoms with van der Waals surface area (Å²) >= 11 is 0. The van der Waals surface area contributed by atoms with E-state index in [1.54, 1.807) is 0 Å². The van der Waals surface area contributed by atoms with Crippen LogP contribution in [0, 0.1) is 0 Å². The highest BCUT2D eigenvalue weighted by molar-refractivity contribution is 5.97. The molecule has 5 nitrogen and oxygen atoms in total. The number of benzene rings is 3. The van der Waals surface area contributed by atoms with Gasteiger partial charge < -0.3 is 20.1 Å². The van der Waals surface area contributed by atoms with Gasteiger partial charge >= 0.3 is 0 Å². The SMILES string of the molecule is C[C@@H]([NH2+]Cc1ccc2c(c1)OCO2)C(=O)Nc1ccccc1-c1ccccc1. The predicted molar refractivity (Wildman–Crippen MR) is 108 cm³/mol. The zero-order valence-electron chi connectivity index (χ0n) is 15.7. The molecular weight excluding hydrogens is 352 g/mol. The van der Waals surface area contributed by atoms with Gasteiger partial charge in [0.2, 0.25) is 6.79 Å². The van der Waals surface area contributed by atoms with Crippen molar-refractivity contribution < 1.29 is 19.6 Å². The van der Waals surface area contributed by atoms with Gasteiger partial charge in [-0.2, -0.15) is 0 Å². The normalized spacial score (nSPS) is 13.2. The summed E-state index contributed by atoms with van der Waals surface area (Å²) in [5, 5.41) is 5.08. The van der Waals surface area contributed by atoms with Crippen molar-refractivity contribution in [2.24, 2.45) is 0 Å². The smallest absolute Gasteiger partial charge is 0.282 e. The first kappa shape index (κ1) is 18.1. The standard InChI is InChI=1S/C23H22N2O3/c1-16(24-14-17-11-12-21-22(13-17)28-15-27-21)23(26)25-20-10-6-5-9-19(20)18-7-3-2-4-8-18/h2-13,16,24H,14-15H2,1H3,(H,25,26)/p+1/t16-/m1/s1. The highest BCUT2D eigenvalue weighted by atomic mass is 16.7. The summed E-state index contributed by atoms with van der Waals surface area (Å²) in [5.41, 5.74) is 4.01. The molecular formula is C23H23N2O3+. The number of nitrogens with two attached hydrogens (primary N) is 1. The average Bonchev–Trinajstić information content (AvgIpc) is 3.21. The van der Waals surface area contributed by atoms with Crippen molar-refractivity contribution in [1.82, 2.24) is 0 Å². The van der Waals surface area contributed by atoms with Crippen LogP contribution in [0.3, 0.4) is 0 Å². The molecule has 1 heterocycles. The third kappa shape index (κ3) is 4.00. The van der Waals surface area contributed by atoms with E-state index >= 15 is 0 Å². The number of hydrogen-bond acceptors (Lipinski definition) is 3. The summed E-state index contributed by atoms with van der Waals surface area (Å²) in [6.07, 6.45) is 0. The topological polar surface area (TPSA) is 64.2 Å². The molecule has 1 atom stereocenters. The van der Waals surface area contributed by atoms with Crippen molar-refractivity contribution in [2.75, 3.05) is 12.1 Å². The van der Waals surface area contributed by atoms with Crippen LogP contribution in [0.1, 0.15) is 12.5 Å². The maximum Gasteiger partial charge on any atom is 0.282 e. The van der Waals surface area contributed by atoms with Crippen LogP contribution < -0.4 is 20.1 Å². The van der Waals surface area contributed by atoms with E-state index in [2.05, 4.69) is 5.32 Å². The lowest BCUT2D eigenvalue weighted by Crippen LogP contribution is -2.90. The van der Waals surface area contributed by atoms with Crippen LogP contribution in [0.15, 0.2) is 72.8 Å². The predicted octanol–water partition coefficient (Wildman–Crippen LogP) is 3.17. The fourth-order valence-corrected chi connectivity index (χ4v) is 3.20. The number of nitrogens with one attached hydrogen (secondary N) is 1. The van der Waals surface area contributed by atoms with Gasteiger partial charge in [0, 0.05) is 16.8 Å². The number of carbonyl (C=O) groups excluding carboxylic acids is 1. The van der Waals surface area contributed by atoms with Crippen molar-refractivity contribution in [3.63, 3.8) is 0 Å². The van der Waals surface area contributed by atoms with Crippen molar-refractivity contribution in [3.8, 4) is 22.6 Å². The fraction of sp³-hybridized carbons (Fsp3) is 0.174. The van der Waals surface area contributed by atoms with Gasteiger partial charge in [-0.1, -0.05) is 48.5 Å². The van der Waals surface area contributed by atoms with Crippen LogP contribution in [0.4, 0.5) is 5.69 Å². The Morgan fingerprint density at radius 3 is 2.61 bits per heavy atom. The zero-order chi connectivity index (χ0) is 19.3. The van der Waals surface area contributed by atoms with Gasteiger partial charge in [0.05, 0.1) is 0 Å². The van der Waals surface area contributed by atoms with E-state index in [0.29, 0.717) is 6.54 Å². The third-order valence-electron chi connectivity index (χ3n) is 4.83. The van der Waals surface area contributed by atoms with Crippen LogP contribution in [-0.2, 0) is 11.3 Å². The molecule has 3 aromatic carbocycles. The van der Waals surface area contributed by atoms with Gasteiger partial charge in [0.25, 0.3) is 5.91 Å². The number of para-hydroxylation sites is 1. The molecule has 28 heavy (non-hydrogen) atoms. The van der Waals surface area contributed by atoms with Crippen LogP contribution in [0.25, 0.3) is 11.1 Å². The molecule has 0 spiro atoms. The number of anilines is 1. The third-order valence-corrected chi connectivity index (χ3v) is 4.83. The second kappa shape index (κ2) is 8.15. The Balaban J connectivity index is 1.40. The Morgan fingerprint density at radius 1 is 1.00 bits per heavy atom. The van der Waals surface area contributed by atoms with Gasteiger partial charge in [-0.3, -0.25) is 4.79 Å². The molecule has 0 unspecified atom stereocenters. The molecule has 5 heteroatoms. The quantitative estimate of drug-likeness (QED) is 0.696. The lowest BCUT2D eigenvalue weighted by atomic mass is 10.0. The van der Waals surface area contributed by atoms with Gasteiger partial charge in [-0.15, -0.1) is 0 Å². The van der Waals surface area contributed by atoms with Crippen molar-refractivity contribution in [2.45, 2.75) is 19.5 Å². The maximum absolute atomic E-state index is 12.7. The second-order valence-electron chi connectivity index (χ2n) is 6.82. The molecule has 4 rings (SSSR count). The Hall–Kier alpha value is -3.31. The number of ether oxygens (including phenoxy) is 2. The van der Waals surface area contributed by atoms with E-state index in [1.807, 2.05) is 85.0 Å². The second-order valence-corrected chi connectivity index (χ2v) is 6.82.